The Hall–Kier alpha value is -3.47. The number of fused-ring (bicyclic) bond motifs is 1. The van der Waals surface area contributed by atoms with Crippen LogP contribution < -0.4 is 5.32 Å². The lowest BCUT2D eigenvalue weighted by atomic mass is 10.0. The number of rotatable bonds is 8. The van der Waals surface area contributed by atoms with Gasteiger partial charge in [-0.2, -0.15) is 0 Å². The number of aromatic nitrogens is 3. The van der Waals surface area contributed by atoms with Crippen LogP contribution in [0.3, 0.4) is 0 Å². The van der Waals surface area contributed by atoms with Crippen molar-refractivity contribution in [2.24, 2.45) is 0 Å². The highest BCUT2D eigenvalue weighted by Crippen LogP contribution is 2.38. The first-order chi connectivity index (χ1) is 18.4. The van der Waals surface area contributed by atoms with Crippen molar-refractivity contribution in [3.8, 4) is 22.5 Å². The van der Waals surface area contributed by atoms with E-state index in [0.717, 1.165) is 33.5 Å². The fraction of sp³-hybridized carbons (Fsp3) is 0.214. The van der Waals surface area contributed by atoms with Crippen molar-refractivity contribution in [2.45, 2.75) is 32.0 Å². The summed E-state index contributed by atoms with van der Waals surface area (Å²) < 4.78 is 8.29. The zero-order valence-corrected chi connectivity index (χ0v) is 23.8. The van der Waals surface area contributed by atoms with Crippen molar-refractivity contribution >= 4 is 61.4 Å². The third-order valence-corrected chi connectivity index (χ3v) is 8.83. The molecule has 5 aromatic rings. The van der Waals surface area contributed by atoms with E-state index in [0.29, 0.717) is 15.7 Å². The Labute approximate surface area is 232 Å². The summed E-state index contributed by atoms with van der Waals surface area (Å²) in [5, 5.41) is 18.1. The number of nitrogens with one attached hydrogen (secondary N) is 1. The van der Waals surface area contributed by atoms with Gasteiger partial charge in [0.1, 0.15) is 10.6 Å². The van der Waals surface area contributed by atoms with E-state index in [-0.39, 0.29) is 17.7 Å². The van der Waals surface area contributed by atoms with Crippen molar-refractivity contribution in [1.29, 1.82) is 0 Å². The van der Waals surface area contributed by atoms with Crippen LogP contribution in [0.2, 0.25) is 0 Å². The molecule has 0 fully saturated rings. The van der Waals surface area contributed by atoms with Gasteiger partial charge in [-0.3, -0.25) is 9.36 Å². The summed E-state index contributed by atoms with van der Waals surface area (Å²) in [5.41, 5.74) is 4.14. The number of carbonyl (C=O) groups is 2. The third-order valence-electron chi connectivity index (χ3n) is 6.03. The first-order valence-corrected chi connectivity index (χ1v) is 14.7. The molecule has 1 N–H and O–H groups in total. The first-order valence-electron chi connectivity index (χ1n) is 12.0. The van der Waals surface area contributed by atoms with Crippen LogP contribution in [0.1, 0.15) is 35.8 Å². The SMILES string of the molecule is COC(=O)c1c(-c2ccc(C)cc2)csc1NC(=O)CSc1nnc(-c2csc3ccccc23)n1C(C)C. The van der Waals surface area contributed by atoms with Gasteiger partial charge in [-0.05, 0) is 32.4 Å². The van der Waals surface area contributed by atoms with E-state index >= 15 is 0 Å². The number of anilines is 1. The molecule has 0 saturated heterocycles. The van der Waals surface area contributed by atoms with Crippen molar-refractivity contribution in [3.05, 3.63) is 70.4 Å². The second-order valence-corrected chi connectivity index (χ2v) is 11.7. The number of hydrogen-bond donors (Lipinski definition) is 1. The van der Waals surface area contributed by atoms with Crippen LogP contribution in [0.5, 0.6) is 0 Å². The molecule has 38 heavy (non-hydrogen) atoms. The molecular weight excluding hydrogens is 537 g/mol. The van der Waals surface area contributed by atoms with Gasteiger partial charge in [0.05, 0.1) is 12.9 Å². The van der Waals surface area contributed by atoms with Crippen LogP contribution in [0, 0.1) is 6.92 Å². The van der Waals surface area contributed by atoms with Crippen LogP contribution >= 0.6 is 34.4 Å². The van der Waals surface area contributed by atoms with Gasteiger partial charge in [-0.25, -0.2) is 4.79 Å². The highest BCUT2D eigenvalue weighted by atomic mass is 32.2. The molecular formula is C28H26N4O3S3. The minimum Gasteiger partial charge on any atom is -0.465 e. The smallest absolute Gasteiger partial charge is 0.341 e. The molecule has 0 unspecified atom stereocenters. The summed E-state index contributed by atoms with van der Waals surface area (Å²) in [4.78, 5) is 25.7. The van der Waals surface area contributed by atoms with Gasteiger partial charge in [0.2, 0.25) is 5.91 Å². The highest BCUT2D eigenvalue weighted by molar-refractivity contribution is 7.99. The number of nitrogens with zero attached hydrogens (tertiary/aromatic N) is 3. The van der Waals surface area contributed by atoms with Crippen molar-refractivity contribution < 1.29 is 14.3 Å². The van der Waals surface area contributed by atoms with Gasteiger partial charge in [-0.15, -0.1) is 32.9 Å². The van der Waals surface area contributed by atoms with Gasteiger partial charge >= 0.3 is 5.97 Å². The fourth-order valence-electron chi connectivity index (χ4n) is 4.17. The number of carbonyl (C=O) groups excluding carboxylic acids is 2. The Morgan fingerprint density at radius 3 is 2.50 bits per heavy atom. The summed E-state index contributed by atoms with van der Waals surface area (Å²) in [6, 6.07) is 16.2. The van der Waals surface area contributed by atoms with E-state index in [9.17, 15) is 9.59 Å². The summed E-state index contributed by atoms with van der Waals surface area (Å²) in [6.45, 7) is 6.16. The van der Waals surface area contributed by atoms with Crippen LogP contribution in [0.15, 0.2) is 64.4 Å². The molecule has 0 bridgehead atoms. The van der Waals surface area contributed by atoms with Crippen molar-refractivity contribution in [1.82, 2.24) is 14.8 Å². The number of esters is 1. The number of methoxy groups -OCH3 is 1. The fourth-order valence-corrected chi connectivity index (χ4v) is 6.95. The summed E-state index contributed by atoms with van der Waals surface area (Å²) >= 11 is 4.30. The normalized spacial score (nSPS) is 11.3. The Bertz CT molecular complexity index is 1620. The molecule has 2 aromatic carbocycles. The van der Waals surface area contributed by atoms with E-state index in [1.54, 1.807) is 11.3 Å². The molecule has 0 aliphatic heterocycles. The maximum Gasteiger partial charge on any atom is 0.341 e. The standard InChI is InChI=1S/C28H26N4O3S3/c1-16(2)32-25(21-14-36-22-8-6-5-7-19(21)22)30-31-28(32)38-15-23(33)29-26-24(27(34)35-4)20(13-37-26)18-11-9-17(3)10-12-18/h5-14,16H,15H2,1-4H3,(H,29,33). The molecule has 0 spiro atoms. The van der Waals surface area contributed by atoms with E-state index in [1.165, 1.54) is 34.9 Å². The second-order valence-electron chi connectivity index (χ2n) is 8.96. The third kappa shape index (κ3) is 5.11. The summed E-state index contributed by atoms with van der Waals surface area (Å²) in [7, 11) is 1.34. The lowest BCUT2D eigenvalue weighted by molar-refractivity contribution is -0.113. The zero-order valence-electron chi connectivity index (χ0n) is 21.3. The molecule has 0 atom stereocenters. The molecule has 5 rings (SSSR count). The quantitative estimate of drug-likeness (QED) is 0.158. The number of thiophene rings is 2. The number of benzene rings is 2. The molecule has 194 valence electrons. The predicted octanol–water partition coefficient (Wildman–Crippen LogP) is 7.30. The average Bonchev–Trinajstić information content (AvgIpc) is 3.64. The molecule has 0 saturated carbocycles. The summed E-state index contributed by atoms with van der Waals surface area (Å²) in [6.07, 6.45) is 0. The largest absolute Gasteiger partial charge is 0.465 e. The van der Waals surface area contributed by atoms with Gasteiger partial charge in [0.15, 0.2) is 11.0 Å². The predicted molar refractivity (Wildman–Crippen MR) is 156 cm³/mol. The number of amides is 1. The monoisotopic (exact) mass is 562 g/mol. The maximum absolute atomic E-state index is 13.0. The lowest BCUT2D eigenvalue weighted by Crippen LogP contribution is -2.16. The second kappa shape index (κ2) is 11.1. The number of aryl methyl sites for hydroxylation is 1. The molecule has 1 amide bonds. The summed E-state index contributed by atoms with van der Waals surface area (Å²) in [5.74, 6) is 0.178. The Morgan fingerprint density at radius 1 is 1.03 bits per heavy atom. The maximum atomic E-state index is 13.0. The lowest BCUT2D eigenvalue weighted by Gasteiger charge is -2.13. The van der Waals surface area contributed by atoms with Crippen molar-refractivity contribution in [3.63, 3.8) is 0 Å². The Balaban J connectivity index is 1.36. The molecule has 0 aliphatic rings. The zero-order chi connectivity index (χ0) is 26.8. The minimum atomic E-state index is -0.489. The minimum absolute atomic E-state index is 0.101. The van der Waals surface area contributed by atoms with Crippen LogP contribution in [0.4, 0.5) is 5.00 Å². The molecule has 7 nitrogen and oxygen atoms in total. The Kier molecular flexibility index (Phi) is 7.64. The molecule has 3 heterocycles. The van der Waals surface area contributed by atoms with Gasteiger partial charge < -0.3 is 10.1 Å². The molecule has 3 aromatic heterocycles. The number of hydrogen-bond acceptors (Lipinski definition) is 8. The van der Waals surface area contributed by atoms with Gasteiger partial charge in [0, 0.05) is 38.0 Å². The van der Waals surface area contributed by atoms with E-state index in [1.807, 2.05) is 48.7 Å². The van der Waals surface area contributed by atoms with Gasteiger partial charge in [0.25, 0.3) is 0 Å². The van der Waals surface area contributed by atoms with Crippen LogP contribution in [-0.4, -0.2) is 39.5 Å². The molecule has 0 aliphatic carbocycles. The number of thioether (sulfide) groups is 1. The van der Waals surface area contributed by atoms with E-state index in [2.05, 4.69) is 51.4 Å². The van der Waals surface area contributed by atoms with Crippen molar-refractivity contribution in [2.75, 3.05) is 18.2 Å². The van der Waals surface area contributed by atoms with Gasteiger partial charge in [-0.1, -0.05) is 59.8 Å². The highest BCUT2D eigenvalue weighted by Gasteiger charge is 2.24. The van der Waals surface area contributed by atoms with Crippen LogP contribution in [-0.2, 0) is 9.53 Å². The van der Waals surface area contributed by atoms with Crippen LogP contribution in [0.25, 0.3) is 32.6 Å². The van der Waals surface area contributed by atoms with E-state index < -0.39 is 5.97 Å². The topological polar surface area (TPSA) is 86.1 Å². The molecule has 0 radical (unpaired) electrons. The Morgan fingerprint density at radius 2 is 1.76 bits per heavy atom. The molecule has 10 heteroatoms. The van der Waals surface area contributed by atoms with E-state index in [4.69, 9.17) is 4.74 Å². The first kappa shape index (κ1) is 26.1. The average molecular weight is 563 g/mol. The number of ether oxygens (including phenoxy) is 1.